The molecule has 9 heteroatoms. The minimum atomic E-state index is -0.463. The second-order valence-electron chi connectivity index (χ2n) is 10.6. The Morgan fingerprint density at radius 2 is 1.88 bits per heavy atom. The predicted molar refractivity (Wildman–Crippen MR) is 164 cm³/mol. The molecule has 5 rings (SSSR count). The summed E-state index contributed by atoms with van der Waals surface area (Å²) in [5, 5.41) is 13.6. The predicted octanol–water partition coefficient (Wildman–Crippen LogP) is 4.78. The van der Waals surface area contributed by atoms with Gasteiger partial charge in [-0.05, 0) is 61.0 Å². The van der Waals surface area contributed by atoms with Gasteiger partial charge in [0.15, 0.2) is 11.5 Å². The molecule has 1 aliphatic rings. The van der Waals surface area contributed by atoms with E-state index in [1.54, 1.807) is 32.6 Å². The number of aromatic amines is 1. The average Bonchev–Trinajstić information content (AvgIpc) is 3.42. The normalized spacial score (nSPS) is 15.3. The Morgan fingerprint density at radius 1 is 1.10 bits per heavy atom. The monoisotopic (exact) mass is 564 g/mol. The van der Waals surface area contributed by atoms with Gasteiger partial charge in [-0.2, -0.15) is 5.26 Å². The molecule has 1 amide bonds. The third-order valence-electron chi connectivity index (χ3n) is 7.75. The molecule has 2 aromatic carbocycles. The highest BCUT2D eigenvalue weighted by Gasteiger charge is 2.18. The Labute approximate surface area is 246 Å². The third-order valence-corrected chi connectivity index (χ3v) is 7.75. The number of pyridine rings is 1. The van der Waals surface area contributed by atoms with Crippen LogP contribution in [0.25, 0.3) is 28.2 Å². The molecule has 0 spiro atoms. The van der Waals surface area contributed by atoms with E-state index in [1.165, 1.54) is 5.56 Å². The molecule has 2 N–H and O–H groups in total. The first-order chi connectivity index (χ1) is 20.4. The van der Waals surface area contributed by atoms with Crippen molar-refractivity contribution in [1.29, 1.82) is 5.26 Å². The number of benzene rings is 2. The van der Waals surface area contributed by atoms with Gasteiger partial charge in [-0.1, -0.05) is 24.3 Å². The van der Waals surface area contributed by atoms with Crippen LogP contribution < -0.4 is 14.8 Å². The molecule has 0 radical (unpaired) electrons. The lowest BCUT2D eigenvalue weighted by Gasteiger charge is -2.32. The van der Waals surface area contributed by atoms with Crippen LogP contribution in [0.2, 0.25) is 0 Å². The van der Waals surface area contributed by atoms with Crippen LogP contribution in [0.3, 0.4) is 0 Å². The largest absolute Gasteiger partial charge is 0.493 e. The van der Waals surface area contributed by atoms with Gasteiger partial charge in [0.05, 0.1) is 20.3 Å². The van der Waals surface area contributed by atoms with E-state index in [1.807, 2.05) is 25.3 Å². The van der Waals surface area contributed by atoms with Crippen molar-refractivity contribution < 1.29 is 14.3 Å². The van der Waals surface area contributed by atoms with Crippen LogP contribution >= 0.6 is 0 Å². The zero-order valence-electron chi connectivity index (χ0n) is 24.5. The van der Waals surface area contributed by atoms with Gasteiger partial charge in [0, 0.05) is 61.6 Å². The van der Waals surface area contributed by atoms with Crippen LogP contribution in [0, 0.1) is 11.3 Å². The SMILES string of the molecule is COc1ccc([C@@H](C)NC(=O)/C(C#N)=C/c2c[nH]c3ncc(-c4cccc(CN5CCN(C)CC5)c4)cc23)cc1OC. The first-order valence-electron chi connectivity index (χ1n) is 14.0. The number of hydrogen-bond donors (Lipinski definition) is 2. The summed E-state index contributed by atoms with van der Waals surface area (Å²) in [6.45, 7) is 7.07. The summed E-state index contributed by atoms with van der Waals surface area (Å²) in [5.74, 6) is 0.709. The van der Waals surface area contributed by atoms with E-state index >= 15 is 0 Å². The average molecular weight is 565 g/mol. The molecule has 1 fully saturated rings. The Kier molecular flexibility index (Phi) is 8.86. The fourth-order valence-electron chi connectivity index (χ4n) is 5.20. The number of ether oxygens (including phenoxy) is 2. The molecular weight excluding hydrogens is 528 g/mol. The molecule has 2 aromatic heterocycles. The van der Waals surface area contributed by atoms with Crippen molar-refractivity contribution in [2.45, 2.75) is 19.5 Å². The van der Waals surface area contributed by atoms with Crippen molar-refractivity contribution in [1.82, 2.24) is 25.1 Å². The van der Waals surface area contributed by atoms with Gasteiger partial charge in [0.25, 0.3) is 5.91 Å². The van der Waals surface area contributed by atoms with Crippen molar-refractivity contribution in [3.05, 3.63) is 83.2 Å². The van der Waals surface area contributed by atoms with Gasteiger partial charge in [0.2, 0.25) is 0 Å². The highest BCUT2D eigenvalue weighted by atomic mass is 16.5. The van der Waals surface area contributed by atoms with E-state index in [9.17, 15) is 10.1 Å². The van der Waals surface area contributed by atoms with Crippen molar-refractivity contribution in [2.24, 2.45) is 0 Å². The number of carbonyl (C=O) groups is 1. The molecule has 0 aliphatic carbocycles. The molecule has 42 heavy (non-hydrogen) atoms. The molecule has 0 saturated carbocycles. The number of aromatic nitrogens is 2. The number of carbonyl (C=O) groups excluding carboxylic acids is 1. The first kappa shape index (κ1) is 28.9. The highest BCUT2D eigenvalue weighted by molar-refractivity contribution is 6.04. The van der Waals surface area contributed by atoms with Gasteiger partial charge in [-0.3, -0.25) is 9.69 Å². The molecule has 4 aromatic rings. The van der Waals surface area contributed by atoms with Gasteiger partial charge < -0.3 is 24.7 Å². The van der Waals surface area contributed by atoms with E-state index in [-0.39, 0.29) is 11.6 Å². The Morgan fingerprint density at radius 3 is 2.62 bits per heavy atom. The lowest BCUT2D eigenvalue weighted by molar-refractivity contribution is -0.117. The number of fused-ring (bicyclic) bond motifs is 1. The van der Waals surface area contributed by atoms with Gasteiger partial charge in [-0.15, -0.1) is 0 Å². The van der Waals surface area contributed by atoms with Crippen LogP contribution in [-0.4, -0.2) is 73.1 Å². The highest BCUT2D eigenvalue weighted by Crippen LogP contribution is 2.30. The van der Waals surface area contributed by atoms with Gasteiger partial charge in [0.1, 0.15) is 17.3 Å². The maximum absolute atomic E-state index is 13.1. The third kappa shape index (κ3) is 6.46. The number of methoxy groups -OCH3 is 2. The molecule has 1 atom stereocenters. The molecule has 1 saturated heterocycles. The van der Waals surface area contributed by atoms with Crippen molar-refractivity contribution in [3.8, 4) is 28.7 Å². The van der Waals surface area contributed by atoms with Crippen LogP contribution in [-0.2, 0) is 11.3 Å². The number of nitriles is 1. The maximum atomic E-state index is 13.1. The summed E-state index contributed by atoms with van der Waals surface area (Å²) in [4.78, 5) is 25.7. The van der Waals surface area contributed by atoms with E-state index in [0.717, 1.165) is 60.4 Å². The number of hydrogen-bond acceptors (Lipinski definition) is 7. The molecular formula is C33H36N6O3. The first-order valence-corrected chi connectivity index (χ1v) is 14.0. The summed E-state index contributed by atoms with van der Waals surface area (Å²) in [7, 11) is 5.30. The molecule has 9 nitrogen and oxygen atoms in total. The standard InChI is InChI=1S/C33H36N6O3/c1-22(24-8-9-30(41-3)31(17-24)42-4)37-33(40)26(18-34)15-28-20-36-32-29(28)16-27(19-35-32)25-7-5-6-23(14-25)21-39-12-10-38(2)11-13-39/h5-9,14-17,19-20,22H,10-13,21H2,1-4H3,(H,35,36)(H,37,40)/b26-15+/t22-/m1/s1. The zero-order chi connectivity index (χ0) is 29.6. The summed E-state index contributed by atoms with van der Waals surface area (Å²) in [5.41, 5.74) is 5.56. The molecule has 1 aliphatic heterocycles. The van der Waals surface area contributed by atoms with Crippen LogP contribution in [0.1, 0.15) is 29.7 Å². The molecule has 0 unspecified atom stereocenters. The molecule has 3 heterocycles. The second kappa shape index (κ2) is 12.9. The smallest absolute Gasteiger partial charge is 0.262 e. The van der Waals surface area contributed by atoms with Gasteiger partial charge in [-0.25, -0.2) is 4.98 Å². The zero-order valence-corrected chi connectivity index (χ0v) is 24.5. The van der Waals surface area contributed by atoms with E-state index < -0.39 is 5.91 Å². The number of nitrogens with zero attached hydrogens (tertiary/aromatic N) is 4. The maximum Gasteiger partial charge on any atom is 0.262 e. The number of rotatable bonds is 9. The van der Waals surface area contributed by atoms with Crippen LogP contribution in [0.5, 0.6) is 11.5 Å². The lowest BCUT2D eigenvalue weighted by Crippen LogP contribution is -2.43. The second-order valence-corrected chi connectivity index (χ2v) is 10.6. The van der Waals surface area contributed by atoms with Crippen molar-refractivity contribution >= 4 is 23.0 Å². The minimum Gasteiger partial charge on any atom is -0.493 e. The Bertz CT molecular complexity index is 1650. The summed E-state index contributed by atoms with van der Waals surface area (Å²) in [6, 6.07) is 17.8. The summed E-state index contributed by atoms with van der Waals surface area (Å²) in [6.07, 6.45) is 5.22. The number of nitrogens with one attached hydrogen (secondary N) is 2. The van der Waals surface area contributed by atoms with Crippen molar-refractivity contribution in [3.63, 3.8) is 0 Å². The Balaban J connectivity index is 1.35. The number of H-pyrrole nitrogens is 1. The fraction of sp³-hybridized carbons (Fsp3) is 0.303. The van der Waals surface area contributed by atoms with E-state index in [0.29, 0.717) is 17.1 Å². The van der Waals surface area contributed by atoms with Crippen LogP contribution in [0.15, 0.2) is 66.5 Å². The Hall–Kier alpha value is -4.65. The molecule has 0 bridgehead atoms. The van der Waals surface area contributed by atoms with Crippen LogP contribution in [0.4, 0.5) is 0 Å². The molecule has 216 valence electrons. The summed E-state index contributed by atoms with van der Waals surface area (Å²) >= 11 is 0. The minimum absolute atomic E-state index is 0.00260. The number of amides is 1. The number of piperazine rings is 1. The summed E-state index contributed by atoms with van der Waals surface area (Å²) < 4.78 is 10.7. The lowest BCUT2D eigenvalue weighted by atomic mass is 10.0. The topological polar surface area (TPSA) is 107 Å². The van der Waals surface area contributed by atoms with Gasteiger partial charge >= 0.3 is 0 Å². The van der Waals surface area contributed by atoms with E-state index in [2.05, 4.69) is 68.5 Å². The van der Waals surface area contributed by atoms with Crippen molar-refractivity contribution in [2.75, 3.05) is 47.4 Å². The van der Waals surface area contributed by atoms with E-state index in [4.69, 9.17) is 9.47 Å². The quantitative estimate of drug-likeness (QED) is 0.223. The fourth-order valence-corrected chi connectivity index (χ4v) is 5.20. The number of likely N-dealkylation sites (N-methyl/N-ethyl adjacent to an activating group) is 1.